The zero-order chi connectivity index (χ0) is 15.6. The molecular formula is C14H16FN3O2S. The Bertz CT molecular complexity index is 776. The van der Waals surface area contributed by atoms with Gasteiger partial charge >= 0.3 is 0 Å². The second-order valence-electron chi connectivity index (χ2n) is 4.73. The third-order valence-corrected chi connectivity index (χ3v) is 4.42. The minimum Gasteiger partial charge on any atom is -0.398 e. The molecule has 0 fully saturated rings. The summed E-state index contributed by atoms with van der Waals surface area (Å²) < 4.78 is 40.4. The average molecular weight is 309 g/mol. The lowest BCUT2D eigenvalue weighted by Crippen LogP contribution is -2.25. The third-order valence-electron chi connectivity index (χ3n) is 3.00. The number of aromatic nitrogens is 1. The van der Waals surface area contributed by atoms with Gasteiger partial charge in [-0.2, -0.15) is 0 Å². The summed E-state index contributed by atoms with van der Waals surface area (Å²) in [5.74, 6) is -0.827. The monoisotopic (exact) mass is 309 g/mol. The Labute approximate surface area is 123 Å². The van der Waals surface area contributed by atoms with E-state index in [2.05, 4.69) is 9.71 Å². The molecule has 21 heavy (non-hydrogen) atoms. The highest BCUT2D eigenvalue weighted by molar-refractivity contribution is 7.89. The van der Waals surface area contributed by atoms with Gasteiger partial charge in [0.1, 0.15) is 10.7 Å². The summed E-state index contributed by atoms with van der Waals surface area (Å²) in [7, 11) is -3.99. The minimum atomic E-state index is -3.99. The van der Waals surface area contributed by atoms with E-state index in [4.69, 9.17) is 5.73 Å². The Morgan fingerprint density at radius 2 is 2.00 bits per heavy atom. The number of benzene rings is 1. The molecule has 7 heteroatoms. The number of pyridine rings is 1. The second kappa shape index (κ2) is 5.79. The Kier molecular flexibility index (Phi) is 4.24. The van der Waals surface area contributed by atoms with E-state index in [1.165, 1.54) is 0 Å². The fraction of sp³-hybridized carbons (Fsp3) is 0.214. The molecule has 1 aromatic carbocycles. The lowest BCUT2D eigenvalue weighted by Gasteiger charge is -2.10. The molecule has 1 aromatic heterocycles. The van der Waals surface area contributed by atoms with Crippen LogP contribution in [0.4, 0.5) is 10.1 Å². The first-order chi connectivity index (χ1) is 9.79. The van der Waals surface area contributed by atoms with Crippen LogP contribution in [0.15, 0.2) is 35.2 Å². The van der Waals surface area contributed by atoms with Crippen molar-refractivity contribution < 1.29 is 12.8 Å². The third kappa shape index (κ3) is 3.56. The molecular weight excluding hydrogens is 293 g/mol. The van der Waals surface area contributed by atoms with Crippen LogP contribution in [0.25, 0.3) is 0 Å². The van der Waals surface area contributed by atoms with Gasteiger partial charge in [0.25, 0.3) is 0 Å². The summed E-state index contributed by atoms with van der Waals surface area (Å²) >= 11 is 0. The van der Waals surface area contributed by atoms with Crippen LogP contribution in [-0.2, 0) is 16.6 Å². The molecule has 3 N–H and O–H groups in total. The van der Waals surface area contributed by atoms with E-state index in [1.807, 2.05) is 0 Å². The molecule has 2 aromatic rings. The highest BCUT2D eigenvalue weighted by atomic mass is 32.2. The number of halogens is 1. The highest BCUT2D eigenvalue weighted by Crippen LogP contribution is 2.21. The summed E-state index contributed by atoms with van der Waals surface area (Å²) in [5.41, 5.74) is 7.69. The smallest absolute Gasteiger partial charge is 0.243 e. The van der Waals surface area contributed by atoms with Gasteiger partial charge in [-0.1, -0.05) is 6.07 Å². The van der Waals surface area contributed by atoms with E-state index in [9.17, 15) is 12.8 Å². The summed E-state index contributed by atoms with van der Waals surface area (Å²) in [6, 6.07) is 7.50. The Balaban J connectivity index is 2.25. The van der Waals surface area contributed by atoms with Crippen LogP contribution < -0.4 is 10.5 Å². The zero-order valence-electron chi connectivity index (χ0n) is 11.7. The summed E-state index contributed by atoms with van der Waals surface area (Å²) in [6.45, 7) is 3.40. The molecule has 112 valence electrons. The van der Waals surface area contributed by atoms with Crippen LogP contribution in [0.3, 0.4) is 0 Å². The van der Waals surface area contributed by atoms with Crippen LogP contribution >= 0.6 is 0 Å². The van der Waals surface area contributed by atoms with Crippen molar-refractivity contribution in [3.8, 4) is 0 Å². The van der Waals surface area contributed by atoms with Crippen LogP contribution in [0.1, 0.15) is 17.0 Å². The normalized spacial score (nSPS) is 11.6. The van der Waals surface area contributed by atoms with E-state index in [1.54, 1.807) is 32.0 Å². The van der Waals surface area contributed by atoms with E-state index in [0.29, 0.717) is 11.3 Å². The van der Waals surface area contributed by atoms with Gasteiger partial charge in [-0.15, -0.1) is 0 Å². The predicted molar refractivity (Wildman–Crippen MR) is 78.5 cm³/mol. The second-order valence-corrected chi connectivity index (χ2v) is 6.47. The molecule has 0 atom stereocenters. The lowest BCUT2D eigenvalue weighted by atomic mass is 10.2. The van der Waals surface area contributed by atoms with E-state index < -0.39 is 20.7 Å². The molecule has 0 aliphatic heterocycles. The molecule has 0 bridgehead atoms. The summed E-state index contributed by atoms with van der Waals surface area (Å²) in [5, 5.41) is 0. The molecule has 2 rings (SSSR count). The van der Waals surface area contributed by atoms with Gasteiger partial charge in [-0.3, -0.25) is 4.98 Å². The number of rotatable bonds is 4. The van der Waals surface area contributed by atoms with Gasteiger partial charge in [0, 0.05) is 11.4 Å². The summed E-state index contributed by atoms with van der Waals surface area (Å²) in [6.07, 6.45) is 0. The average Bonchev–Trinajstić information content (AvgIpc) is 2.41. The topological polar surface area (TPSA) is 85.1 Å². The maximum absolute atomic E-state index is 13.8. The first-order valence-corrected chi connectivity index (χ1v) is 7.76. The molecule has 0 aliphatic carbocycles. The number of nitrogen functional groups attached to an aromatic ring is 1. The Morgan fingerprint density at radius 1 is 1.29 bits per heavy atom. The Hall–Kier alpha value is -1.99. The van der Waals surface area contributed by atoms with Crippen molar-refractivity contribution in [3.05, 3.63) is 53.1 Å². The van der Waals surface area contributed by atoms with Crippen molar-refractivity contribution in [2.24, 2.45) is 0 Å². The number of nitrogens with zero attached hydrogens (tertiary/aromatic N) is 1. The quantitative estimate of drug-likeness (QED) is 0.845. The zero-order valence-corrected chi connectivity index (χ0v) is 12.5. The van der Waals surface area contributed by atoms with Gasteiger partial charge in [0.2, 0.25) is 10.0 Å². The largest absolute Gasteiger partial charge is 0.398 e. The van der Waals surface area contributed by atoms with E-state index in [-0.39, 0.29) is 12.2 Å². The first-order valence-electron chi connectivity index (χ1n) is 6.27. The van der Waals surface area contributed by atoms with Crippen molar-refractivity contribution in [1.82, 2.24) is 9.71 Å². The van der Waals surface area contributed by atoms with Gasteiger partial charge < -0.3 is 5.73 Å². The number of nitrogens with two attached hydrogens (primary N) is 1. The molecule has 5 nitrogen and oxygen atoms in total. The van der Waals surface area contributed by atoms with Crippen molar-refractivity contribution in [2.45, 2.75) is 25.3 Å². The van der Waals surface area contributed by atoms with Crippen molar-refractivity contribution in [1.29, 1.82) is 0 Å². The SMILES string of the molecule is Cc1cccc(CNS(=O)(=O)c2cc(N)c(C)cc2F)n1. The van der Waals surface area contributed by atoms with Gasteiger partial charge in [0.05, 0.1) is 12.2 Å². The molecule has 0 spiro atoms. The van der Waals surface area contributed by atoms with Crippen LogP contribution in [-0.4, -0.2) is 13.4 Å². The number of aryl methyl sites for hydroxylation is 2. The van der Waals surface area contributed by atoms with Crippen LogP contribution in [0.5, 0.6) is 0 Å². The van der Waals surface area contributed by atoms with Crippen LogP contribution in [0, 0.1) is 19.7 Å². The maximum atomic E-state index is 13.8. The predicted octanol–water partition coefficient (Wildman–Crippen LogP) is 1.90. The number of sulfonamides is 1. The number of hydrogen-bond donors (Lipinski definition) is 2. The van der Waals surface area contributed by atoms with Gasteiger partial charge in [-0.25, -0.2) is 17.5 Å². The molecule has 0 unspecified atom stereocenters. The highest BCUT2D eigenvalue weighted by Gasteiger charge is 2.20. The fourth-order valence-corrected chi connectivity index (χ4v) is 2.91. The number of anilines is 1. The van der Waals surface area contributed by atoms with Crippen molar-refractivity contribution in [2.75, 3.05) is 5.73 Å². The van der Waals surface area contributed by atoms with Gasteiger partial charge in [-0.05, 0) is 43.7 Å². The van der Waals surface area contributed by atoms with E-state index in [0.717, 1.165) is 17.8 Å². The number of nitrogens with one attached hydrogen (secondary N) is 1. The van der Waals surface area contributed by atoms with Gasteiger partial charge in [0.15, 0.2) is 0 Å². The molecule has 0 saturated carbocycles. The minimum absolute atomic E-state index is 0.0166. The summed E-state index contributed by atoms with van der Waals surface area (Å²) in [4.78, 5) is 3.72. The molecule has 0 radical (unpaired) electrons. The first kappa shape index (κ1) is 15.4. The number of hydrogen-bond acceptors (Lipinski definition) is 4. The fourth-order valence-electron chi connectivity index (χ4n) is 1.82. The van der Waals surface area contributed by atoms with Crippen molar-refractivity contribution in [3.63, 3.8) is 0 Å². The van der Waals surface area contributed by atoms with E-state index >= 15 is 0 Å². The van der Waals surface area contributed by atoms with Crippen LogP contribution in [0.2, 0.25) is 0 Å². The Morgan fingerprint density at radius 3 is 2.67 bits per heavy atom. The lowest BCUT2D eigenvalue weighted by molar-refractivity contribution is 0.556. The maximum Gasteiger partial charge on any atom is 0.243 e. The van der Waals surface area contributed by atoms with Crippen molar-refractivity contribution >= 4 is 15.7 Å². The molecule has 1 heterocycles. The molecule has 0 saturated heterocycles. The standard InChI is InChI=1S/C14H16FN3O2S/c1-9-6-12(15)14(7-13(9)16)21(19,20)17-8-11-5-3-4-10(2)18-11/h3-7,17H,8,16H2,1-2H3. The molecule has 0 aliphatic rings. The molecule has 0 amide bonds.